The fourth-order valence-electron chi connectivity index (χ4n) is 3.91. The van der Waals surface area contributed by atoms with Crippen molar-refractivity contribution in [2.75, 3.05) is 5.32 Å². The van der Waals surface area contributed by atoms with Crippen LogP contribution in [0, 0.1) is 0 Å². The summed E-state index contributed by atoms with van der Waals surface area (Å²) in [7, 11) is -5.20. The Hall–Kier alpha value is -3.49. The average molecular weight is 625 g/mol. The van der Waals surface area contributed by atoms with Crippen molar-refractivity contribution in [2.24, 2.45) is 5.73 Å². The van der Waals surface area contributed by atoms with Crippen LogP contribution in [0.1, 0.15) is 43.9 Å². The maximum Gasteiger partial charge on any atom is 0.417 e. The molecule has 0 spiro atoms. The lowest BCUT2D eigenvalue weighted by molar-refractivity contribution is -0.138. The van der Waals surface area contributed by atoms with Crippen molar-refractivity contribution < 1.29 is 48.8 Å². The van der Waals surface area contributed by atoms with Gasteiger partial charge in [-0.3, -0.25) is 4.55 Å². The molecule has 222 valence electrons. The van der Waals surface area contributed by atoms with Crippen LogP contribution in [0.15, 0.2) is 53.4 Å². The molecule has 0 bridgehead atoms. The molecule has 3 rings (SSSR count). The number of benzene rings is 3. The number of hydrogen-bond acceptors (Lipinski definition) is 4. The van der Waals surface area contributed by atoms with Crippen LogP contribution in [-0.2, 0) is 27.9 Å². The van der Waals surface area contributed by atoms with Gasteiger partial charge in [-0.25, -0.2) is 4.79 Å². The van der Waals surface area contributed by atoms with Gasteiger partial charge in [-0.05, 0) is 65.4 Å². The number of rotatable bonds is 7. The predicted molar refractivity (Wildman–Crippen MR) is 140 cm³/mol. The minimum absolute atomic E-state index is 0.0460. The molecule has 0 unspecified atom stereocenters. The zero-order chi connectivity index (χ0) is 31.1. The van der Waals surface area contributed by atoms with Crippen molar-refractivity contribution >= 4 is 33.4 Å². The molecule has 0 atom stereocenters. The van der Waals surface area contributed by atoms with Crippen LogP contribution >= 0.6 is 11.6 Å². The standard InChI is InChI=1S/C26H23ClF6N2O5S/c1-4-24(2,3)17-12-19(41(37,38)39)22(40-15-8-6-14(7-9-15)25(28,29)30)20(21(17)35-23(34)36)13-5-10-18(27)16(11-13)26(31,32)33/h5-12H,4H2,1-3H3,(H3,34,35,36)(H,37,38,39). The van der Waals surface area contributed by atoms with Crippen LogP contribution in [0.2, 0.25) is 5.02 Å². The molecule has 0 saturated heterocycles. The number of amides is 2. The maximum atomic E-state index is 13.8. The highest BCUT2D eigenvalue weighted by atomic mass is 35.5. The van der Waals surface area contributed by atoms with Crippen LogP contribution in [0.4, 0.5) is 36.8 Å². The van der Waals surface area contributed by atoms with Gasteiger partial charge in [0.1, 0.15) is 10.6 Å². The molecule has 0 heterocycles. The van der Waals surface area contributed by atoms with E-state index < -0.39 is 66.3 Å². The van der Waals surface area contributed by atoms with Gasteiger partial charge >= 0.3 is 18.4 Å². The summed E-state index contributed by atoms with van der Waals surface area (Å²) in [6.07, 6.45) is -9.38. The molecule has 7 nitrogen and oxygen atoms in total. The van der Waals surface area contributed by atoms with Crippen molar-refractivity contribution in [1.29, 1.82) is 0 Å². The topological polar surface area (TPSA) is 119 Å². The first kappa shape index (κ1) is 32.0. The molecule has 0 radical (unpaired) electrons. The zero-order valence-corrected chi connectivity index (χ0v) is 23.1. The Labute approximate surface area is 236 Å². The first-order valence-corrected chi connectivity index (χ1v) is 13.5. The van der Waals surface area contributed by atoms with E-state index in [-0.39, 0.29) is 22.6 Å². The van der Waals surface area contributed by atoms with Crippen LogP contribution in [0.25, 0.3) is 11.1 Å². The van der Waals surface area contributed by atoms with Crippen LogP contribution in [0.5, 0.6) is 11.5 Å². The molecule has 0 fully saturated rings. The molecular weight excluding hydrogens is 602 g/mol. The number of anilines is 1. The molecule has 0 aromatic heterocycles. The van der Waals surface area contributed by atoms with E-state index in [2.05, 4.69) is 5.32 Å². The summed E-state index contributed by atoms with van der Waals surface area (Å²) in [6.45, 7) is 4.97. The largest absolute Gasteiger partial charge is 0.455 e. The first-order chi connectivity index (χ1) is 18.7. The summed E-state index contributed by atoms with van der Waals surface area (Å²) in [4.78, 5) is 11.1. The monoisotopic (exact) mass is 624 g/mol. The molecule has 0 aliphatic heterocycles. The zero-order valence-electron chi connectivity index (χ0n) is 21.5. The fourth-order valence-corrected chi connectivity index (χ4v) is 4.78. The lowest BCUT2D eigenvalue weighted by Crippen LogP contribution is -2.25. The van der Waals surface area contributed by atoms with E-state index in [0.717, 1.165) is 30.3 Å². The normalized spacial score (nSPS) is 12.8. The Balaban J connectivity index is 2.54. The van der Waals surface area contributed by atoms with Gasteiger partial charge in [-0.2, -0.15) is 34.8 Å². The number of ether oxygens (including phenoxy) is 1. The quantitative estimate of drug-likeness (QED) is 0.181. The van der Waals surface area contributed by atoms with Gasteiger partial charge in [-0.15, -0.1) is 0 Å². The average Bonchev–Trinajstić information content (AvgIpc) is 2.82. The van der Waals surface area contributed by atoms with Gasteiger partial charge in [0, 0.05) is 5.56 Å². The third-order valence-electron chi connectivity index (χ3n) is 6.35. The molecule has 2 amide bonds. The van der Waals surface area contributed by atoms with Gasteiger partial charge in [0.15, 0.2) is 5.75 Å². The van der Waals surface area contributed by atoms with E-state index in [0.29, 0.717) is 24.6 Å². The second kappa shape index (κ2) is 11.1. The number of carbonyl (C=O) groups excluding carboxylic acids is 1. The third kappa shape index (κ3) is 7.05. The van der Waals surface area contributed by atoms with Gasteiger partial charge in [-0.1, -0.05) is 38.4 Å². The summed E-state index contributed by atoms with van der Waals surface area (Å²) < 4.78 is 122. The van der Waals surface area contributed by atoms with Crippen molar-refractivity contribution in [3.05, 3.63) is 70.2 Å². The van der Waals surface area contributed by atoms with Gasteiger partial charge < -0.3 is 15.8 Å². The highest BCUT2D eigenvalue weighted by Gasteiger charge is 2.37. The highest BCUT2D eigenvalue weighted by Crippen LogP contribution is 2.50. The second-order valence-electron chi connectivity index (χ2n) is 9.52. The molecule has 15 heteroatoms. The molecule has 4 N–H and O–H groups in total. The SMILES string of the molecule is CCC(C)(C)c1cc(S(=O)(=O)O)c(Oc2ccc(C(F)(F)F)cc2)c(-c2ccc(Cl)c(C(F)(F)F)c2)c1NC(N)=O. The minimum atomic E-state index is -5.20. The first-order valence-electron chi connectivity index (χ1n) is 11.6. The highest BCUT2D eigenvalue weighted by molar-refractivity contribution is 7.86. The van der Waals surface area contributed by atoms with Crippen LogP contribution in [0.3, 0.4) is 0 Å². The van der Waals surface area contributed by atoms with Crippen molar-refractivity contribution in [2.45, 2.75) is 49.9 Å². The maximum absolute atomic E-state index is 13.8. The predicted octanol–water partition coefficient (Wildman–Crippen LogP) is 8.26. The summed E-state index contributed by atoms with van der Waals surface area (Å²) in [5.74, 6) is -1.16. The second-order valence-corrected chi connectivity index (χ2v) is 11.3. The van der Waals surface area contributed by atoms with E-state index in [1.807, 2.05) is 0 Å². The van der Waals surface area contributed by atoms with Crippen LogP contribution < -0.4 is 15.8 Å². The number of hydrogen-bond donors (Lipinski definition) is 3. The Bertz CT molecular complexity index is 1590. The van der Waals surface area contributed by atoms with Gasteiger partial charge in [0.25, 0.3) is 10.1 Å². The smallest absolute Gasteiger partial charge is 0.417 e. The van der Waals surface area contributed by atoms with Crippen molar-refractivity contribution in [3.8, 4) is 22.6 Å². The van der Waals surface area contributed by atoms with Gasteiger partial charge in [0.05, 0.1) is 21.8 Å². The van der Waals surface area contributed by atoms with E-state index in [4.69, 9.17) is 22.1 Å². The molecular formula is C26H23ClF6N2O5S. The lowest BCUT2D eigenvalue weighted by atomic mass is 9.79. The molecule has 0 saturated carbocycles. The summed E-state index contributed by atoms with van der Waals surface area (Å²) >= 11 is 5.78. The van der Waals surface area contributed by atoms with E-state index in [9.17, 15) is 44.1 Å². The van der Waals surface area contributed by atoms with Crippen molar-refractivity contribution in [3.63, 3.8) is 0 Å². The van der Waals surface area contributed by atoms with E-state index in [1.54, 1.807) is 20.8 Å². The Morgan fingerprint density at radius 3 is 2.02 bits per heavy atom. The Morgan fingerprint density at radius 1 is 0.976 bits per heavy atom. The number of primary amides is 1. The van der Waals surface area contributed by atoms with Crippen LogP contribution in [-0.4, -0.2) is 19.0 Å². The van der Waals surface area contributed by atoms with E-state index in [1.165, 1.54) is 0 Å². The molecule has 0 aliphatic rings. The molecule has 3 aromatic carbocycles. The van der Waals surface area contributed by atoms with Crippen molar-refractivity contribution in [1.82, 2.24) is 0 Å². The minimum Gasteiger partial charge on any atom is -0.455 e. The Kier molecular flexibility index (Phi) is 8.64. The lowest BCUT2D eigenvalue weighted by Gasteiger charge is -2.30. The molecule has 41 heavy (non-hydrogen) atoms. The number of nitrogens with two attached hydrogens (primary N) is 1. The summed E-state index contributed by atoms with van der Waals surface area (Å²) in [5, 5.41) is 1.61. The fraction of sp³-hybridized carbons (Fsp3) is 0.269. The number of nitrogens with one attached hydrogen (secondary N) is 1. The van der Waals surface area contributed by atoms with Gasteiger partial charge in [0.2, 0.25) is 0 Å². The summed E-state index contributed by atoms with van der Waals surface area (Å²) in [6, 6.07) is 5.24. The molecule has 3 aromatic rings. The van der Waals surface area contributed by atoms with E-state index >= 15 is 0 Å². The number of urea groups is 1. The third-order valence-corrected chi connectivity index (χ3v) is 7.54. The number of halogens is 7. The number of alkyl halides is 6. The Morgan fingerprint density at radius 2 is 1.56 bits per heavy atom. The number of carbonyl (C=O) groups is 1. The summed E-state index contributed by atoms with van der Waals surface area (Å²) in [5.41, 5.74) is 0.963. The molecule has 0 aliphatic carbocycles.